The van der Waals surface area contributed by atoms with Gasteiger partial charge in [0.25, 0.3) is 5.56 Å². The molecule has 0 bridgehead atoms. The minimum Gasteiger partial charge on any atom is -0.386 e. The monoisotopic (exact) mass is 293 g/mol. The summed E-state index contributed by atoms with van der Waals surface area (Å²) in [5.74, 6) is -0.165. The van der Waals surface area contributed by atoms with Gasteiger partial charge in [0.1, 0.15) is 11.4 Å². The minimum absolute atomic E-state index is 0.0303. The van der Waals surface area contributed by atoms with Crippen LogP contribution in [0, 0.1) is 0 Å². The van der Waals surface area contributed by atoms with Crippen molar-refractivity contribution in [2.24, 2.45) is 0 Å². The number of aromatic nitrogens is 2. The van der Waals surface area contributed by atoms with Crippen LogP contribution in [-0.4, -0.2) is 44.2 Å². The van der Waals surface area contributed by atoms with Crippen LogP contribution in [-0.2, 0) is 11.3 Å². The summed E-state index contributed by atoms with van der Waals surface area (Å²) in [4.78, 5) is 30.6. The van der Waals surface area contributed by atoms with Crippen LogP contribution in [0.25, 0.3) is 10.2 Å². The maximum Gasteiger partial charge on any atom is 0.262 e. The molecule has 0 aromatic carbocycles. The fraction of sp³-hybridized carbons (Fsp3) is 0.462. The molecule has 7 heteroatoms. The molecule has 1 N–H and O–H groups in total. The molecule has 1 saturated heterocycles. The fourth-order valence-corrected chi connectivity index (χ4v) is 3.04. The second-order valence-corrected chi connectivity index (χ2v) is 6.04. The molecule has 106 valence electrons. The van der Waals surface area contributed by atoms with E-state index in [1.807, 2.05) is 12.3 Å². The van der Waals surface area contributed by atoms with Gasteiger partial charge >= 0.3 is 0 Å². The maximum atomic E-state index is 12.1. The second kappa shape index (κ2) is 4.68. The number of likely N-dealkylation sites (tertiary alicyclic amines) is 1. The van der Waals surface area contributed by atoms with E-state index in [0.29, 0.717) is 29.7 Å². The van der Waals surface area contributed by atoms with Crippen molar-refractivity contribution in [1.82, 2.24) is 14.5 Å². The molecule has 20 heavy (non-hydrogen) atoms. The first-order chi connectivity index (χ1) is 9.52. The first-order valence-corrected chi connectivity index (χ1v) is 7.33. The highest BCUT2D eigenvalue weighted by Gasteiger charge is 2.41. The van der Waals surface area contributed by atoms with Crippen molar-refractivity contribution in [1.29, 1.82) is 0 Å². The van der Waals surface area contributed by atoms with E-state index in [-0.39, 0.29) is 18.0 Å². The lowest BCUT2D eigenvalue weighted by atomic mass is 9.91. The van der Waals surface area contributed by atoms with Crippen molar-refractivity contribution in [3.05, 3.63) is 28.1 Å². The van der Waals surface area contributed by atoms with Gasteiger partial charge in [-0.05, 0) is 17.9 Å². The molecular weight excluding hydrogens is 278 g/mol. The number of hydrogen-bond acceptors (Lipinski definition) is 5. The Bertz CT molecular complexity index is 715. The SMILES string of the molecule is CCC1(O)CN(C(=O)Cn2cnc3sccc3c2=O)C1. The van der Waals surface area contributed by atoms with Gasteiger partial charge in [0.05, 0.1) is 30.4 Å². The highest BCUT2D eigenvalue weighted by molar-refractivity contribution is 7.16. The Labute approximate surface area is 119 Å². The predicted molar refractivity (Wildman–Crippen MR) is 75.7 cm³/mol. The third-order valence-corrected chi connectivity index (χ3v) is 4.56. The smallest absolute Gasteiger partial charge is 0.262 e. The fourth-order valence-electron chi connectivity index (χ4n) is 2.32. The quantitative estimate of drug-likeness (QED) is 0.891. The van der Waals surface area contributed by atoms with Crippen LogP contribution in [0.5, 0.6) is 0 Å². The molecule has 0 unspecified atom stereocenters. The predicted octanol–water partition coefficient (Wildman–Crippen LogP) is 0.441. The Balaban J connectivity index is 1.75. The van der Waals surface area contributed by atoms with Crippen LogP contribution in [0.3, 0.4) is 0 Å². The van der Waals surface area contributed by atoms with E-state index in [9.17, 15) is 14.7 Å². The molecule has 0 aliphatic carbocycles. The van der Waals surface area contributed by atoms with Gasteiger partial charge in [-0.25, -0.2) is 4.98 Å². The molecule has 6 nitrogen and oxygen atoms in total. The van der Waals surface area contributed by atoms with Gasteiger partial charge < -0.3 is 10.0 Å². The second-order valence-electron chi connectivity index (χ2n) is 5.14. The van der Waals surface area contributed by atoms with Crippen molar-refractivity contribution in [3.63, 3.8) is 0 Å². The molecule has 3 heterocycles. The van der Waals surface area contributed by atoms with Gasteiger partial charge in [0, 0.05) is 0 Å². The van der Waals surface area contributed by atoms with Crippen molar-refractivity contribution < 1.29 is 9.90 Å². The molecule has 1 amide bonds. The van der Waals surface area contributed by atoms with E-state index in [2.05, 4.69) is 4.98 Å². The highest BCUT2D eigenvalue weighted by atomic mass is 32.1. The standard InChI is InChI=1S/C13H15N3O3S/c1-2-13(19)6-16(7-13)10(17)5-15-8-14-11-9(12(15)18)3-4-20-11/h3-4,8,19H,2,5-7H2,1H3. The number of aliphatic hydroxyl groups is 1. The molecular formula is C13H15N3O3S. The normalized spacial score (nSPS) is 17.2. The van der Waals surface area contributed by atoms with Gasteiger partial charge in [0.15, 0.2) is 0 Å². The summed E-state index contributed by atoms with van der Waals surface area (Å²) >= 11 is 1.40. The zero-order valence-corrected chi connectivity index (χ0v) is 11.9. The zero-order valence-electron chi connectivity index (χ0n) is 11.1. The highest BCUT2D eigenvalue weighted by Crippen LogP contribution is 2.24. The molecule has 2 aromatic rings. The van der Waals surface area contributed by atoms with Gasteiger partial charge in [-0.15, -0.1) is 11.3 Å². The summed E-state index contributed by atoms with van der Waals surface area (Å²) < 4.78 is 1.32. The first-order valence-electron chi connectivity index (χ1n) is 6.45. The number of thiophene rings is 1. The molecule has 2 aromatic heterocycles. The number of nitrogens with zero attached hydrogens (tertiary/aromatic N) is 3. The van der Waals surface area contributed by atoms with Crippen molar-refractivity contribution in [3.8, 4) is 0 Å². The van der Waals surface area contributed by atoms with Gasteiger partial charge in [-0.2, -0.15) is 0 Å². The average Bonchev–Trinajstić information content (AvgIpc) is 2.87. The van der Waals surface area contributed by atoms with Crippen LogP contribution >= 0.6 is 11.3 Å². The molecule has 3 rings (SSSR count). The molecule has 1 aliphatic rings. The molecule has 1 aliphatic heterocycles. The van der Waals surface area contributed by atoms with E-state index < -0.39 is 5.60 Å². The van der Waals surface area contributed by atoms with E-state index in [1.54, 1.807) is 11.0 Å². The van der Waals surface area contributed by atoms with E-state index >= 15 is 0 Å². The van der Waals surface area contributed by atoms with Crippen molar-refractivity contribution in [2.45, 2.75) is 25.5 Å². The molecule has 0 saturated carbocycles. The summed E-state index contributed by atoms with van der Waals surface area (Å²) in [7, 11) is 0. The lowest BCUT2D eigenvalue weighted by molar-refractivity contribution is -0.156. The Morgan fingerprint density at radius 3 is 3.00 bits per heavy atom. The number of hydrogen-bond donors (Lipinski definition) is 1. The zero-order chi connectivity index (χ0) is 14.3. The topological polar surface area (TPSA) is 75.4 Å². The van der Waals surface area contributed by atoms with Crippen molar-refractivity contribution in [2.75, 3.05) is 13.1 Å². The number of rotatable bonds is 3. The number of carbonyl (C=O) groups is 1. The lowest BCUT2D eigenvalue weighted by Crippen LogP contribution is -2.63. The van der Waals surface area contributed by atoms with Gasteiger partial charge in [-0.3, -0.25) is 14.2 Å². The number of carbonyl (C=O) groups excluding carboxylic acids is 1. The molecule has 0 spiro atoms. The van der Waals surface area contributed by atoms with Crippen LogP contribution in [0.1, 0.15) is 13.3 Å². The summed E-state index contributed by atoms with van der Waals surface area (Å²) in [6.45, 7) is 2.54. The largest absolute Gasteiger partial charge is 0.386 e. The third kappa shape index (κ3) is 2.12. The third-order valence-electron chi connectivity index (χ3n) is 3.74. The summed E-state index contributed by atoms with van der Waals surface area (Å²) in [6.07, 6.45) is 2.03. The molecule has 1 fully saturated rings. The van der Waals surface area contributed by atoms with Crippen molar-refractivity contribution >= 4 is 27.5 Å². The summed E-state index contributed by atoms with van der Waals surface area (Å²) in [6, 6.07) is 1.72. The summed E-state index contributed by atoms with van der Waals surface area (Å²) in [5.41, 5.74) is -0.952. The number of amides is 1. The van der Waals surface area contributed by atoms with E-state index in [1.165, 1.54) is 22.2 Å². The van der Waals surface area contributed by atoms with Gasteiger partial charge in [0.2, 0.25) is 5.91 Å². The van der Waals surface area contributed by atoms with E-state index in [4.69, 9.17) is 0 Å². The van der Waals surface area contributed by atoms with Gasteiger partial charge in [-0.1, -0.05) is 6.92 Å². The summed E-state index contributed by atoms with van der Waals surface area (Å²) in [5, 5.41) is 12.2. The minimum atomic E-state index is -0.754. The average molecular weight is 293 g/mol. The number of β-amino-alcohol motifs (C(OH)–C–C–N with tert-alkyl or cyclic N) is 1. The molecule has 0 atom stereocenters. The van der Waals surface area contributed by atoms with Crippen LogP contribution in [0.15, 0.2) is 22.6 Å². The Morgan fingerprint density at radius 1 is 1.55 bits per heavy atom. The Hall–Kier alpha value is -1.73. The number of fused-ring (bicyclic) bond motifs is 1. The van der Waals surface area contributed by atoms with Crippen LogP contribution in [0.4, 0.5) is 0 Å². The lowest BCUT2D eigenvalue weighted by Gasteiger charge is -2.46. The Kier molecular flexibility index (Phi) is 3.10. The van der Waals surface area contributed by atoms with Crippen LogP contribution < -0.4 is 5.56 Å². The Morgan fingerprint density at radius 2 is 2.30 bits per heavy atom. The first kappa shape index (κ1) is 13.3. The maximum absolute atomic E-state index is 12.1. The molecule has 0 radical (unpaired) electrons. The van der Waals surface area contributed by atoms with E-state index in [0.717, 1.165) is 0 Å². The van der Waals surface area contributed by atoms with Crippen LogP contribution in [0.2, 0.25) is 0 Å².